The second-order valence-electron chi connectivity index (χ2n) is 8.58. The van der Waals surface area contributed by atoms with Crippen molar-refractivity contribution in [3.05, 3.63) is 48.0 Å². The topological polar surface area (TPSA) is 108 Å². The number of rotatable bonds is 5. The smallest absolute Gasteiger partial charge is 0.325 e. The van der Waals surface area contributed by atoms with E-state index < -0.39 is 35.5 Å². The van der Waals surface area contributed by atoms with Gasteiger partial charge in [-0.1, -0.05) is 36.4 Å². The number of benzene rings is 2. The molecule has 0 radical (unpaired) electrons. The summed E-state index contributed by atoms with van der Waals surface area (Å²) in [5.74, 6) is -1.46. The lowest BCUT2D eigenvalue weighted by molar-refractivity contribution is -0.135. The molecule has 2 aromatic carbocycles. The fraction of sp³-hybridized carbons (Fsp3) is 0.364. The van der Waals surface area contributed by atoms with Crippen LogP contribution in [0.1, 0.15) is 33.3 Å². The summed E-state index contributed by atoms with van der Waals surface area (Å²) in [5, 5.41) is 9.82. The molecule has 1 saturated heterocycles. The zero-order chi connectivity index (χ0) is 22.1. The van der Waals surface area contributed by atoms with E-state index in [4.69, 9.17) is 0 Å². The van der Waals surface area contributed by atoms with Crippen molar-refractivity contribution < 1.29 is 19.2 Å². The largest absolute Gasteiger partial charge is 0.350 e. The Bertz CT molecular complexity index is 1030. The number of nitrogens with zero attached hydrogens (tertiary/aromatic N) is 1. The number of fused-ring (bicyclic) bond motifs is 1. The summed E-state index contributed by atoms with van der Waals surface area (Å²) in [7, 11) is 0. The fourth-order valence-corrected chi connectivity index (χ4v) is 3.38. The number of urea groups is 1. The van der Waals surface area contributed by atoms with E-state index >= 15 is 0 Å². The number of hydrogen-bond donors (Lipinski definition) is 3. The van der Waals surface area contributed by atoms with Gasteiger partial charge < -0.3 is 16.0 Å². The molecule has 0 unspecified atom stereocenters. The summed E-state index contributed by atoms with van der Waals surface area (Å²) < 4.78 is 0. The third-order valence-corrected chi connectivity index (χ3v) is 4.86. The first-order chi connectivity index (χ1) is 14.0. The van der Waals surface area contributed by atoms with Crippen LogP contribution in [0.25, 0.3) is 10.8 Å². The zero-order valence-corrected chi connectivity index (χ0v) is 17.5. The van der Waals surface area contributed by atoms with Crippen molar-refractivity contribution in [2.75, 3.05) is 13.1 Å². The number of hydrogen-bond acceptors (Lipinski definition) is 4. The molecule has 3 N–H and O–H groups in total. The molecule has 0 aliphatic carbocycles. The summed E-state index contributed by atoms with van der Waals surface area (Å²) in [6.07, 6.45) is 0. The molecule has 158 valence electrons. The van der Waals surface area contributed by atoms with Gasteiger partial charge in [-0.15, -0.1) is 0 Å². The minimum absolute atomic E-state index is 0.234. The van der Waals surface area contributed by atoms with Gasteiger partial charge in [0.1, 0.15) is 12.1 Å². The van der Waals surface area contributed by atoms with Crippen LogP contribution in [0, 0.1) is 0 Å². The van der Waals surface area contributed by atoms with E-state index in [2.05, 4.69) is 16.0 Å². The first kappa shape index (κ1) is 21.3. The zero-order valence-electron chi connectivity index (χ0n) is 17.5. The molecular weight excluding hydrogens is 384 g/mol. The van der Waals surface area contributed by atoms with E-state index in [1.54, 1.807) is 13.0 Å². The van der Waals surface area contributed by atoms with Crippen LogP contribution in [0.3, 0.4) is 0 Å². The van der Waals surface area contributed by atoms with E-state index in [1.165, 1.54) is 0 Å². The lowest BCUT2D eigenvalue weighted by Crippen LogP contribution is -2.48. The third kappa shape index (κ3) is 4.42. The number of carbonyl (C=O) groups is 4. The summed E-state index contributed by atoms with van der Waals surface area (Å²) in [6.45, 7) is 6.40. The van der Waals surface area contributed by atoms with Crippen molar-refractivity contribution >= 4 is 34.5 Å². The predicted molar refractivity (Wildman–Crippen MR) is 112 cm³/mol. The first-order valence-electron chi connectivity index (χ1n) is 9.71. The molecule has 1 fully saturated rings. The van der Waals surface area contributed by atoms with Crippen molar-refractivity contribution in [3.63, 3.8) is 0 Å². The summed E-state index contributed by atoms with van der Waals surface area (Å²) in [6, 6.07) is 12.6. The van der Waals surface area contributed by atoms with Gasteiger partial charge in [0.2, 0.25) is 11.8 Å². The van der Waals surface area contributed by atoms with Gasteiger partial charge in [0.15, 0.2) is 0 Å². The molecule has 0 spiro atoms. The Kier molecular flexibility index (Phi) is 5.52. The van der Waals surface area contributed by atoms with Crippen molar-refractivity contribution in [1.29, 1.82) is 0 Å². The van der Waals surface area contributed by atoms with Crippen LogP contribution in [-0.4, -0.2) is 47.3 Å². The number of nitrogens with one attached hydrogen (secondary N) is 3. The Balaban J connectivity index is 1.69. The van der Waals surface area contributed by atoms with Crippen LogP contribution in [0.2, 0.25) is 0 Å². The number of imide groups is 1. The Hall–Kier alpha value is -3.42. The normalized spacial score (nSPS) is 19.0. The Morgan fingerprint density at radius 2 is 1.70 bits per heavy atom. The molecule has 8 heteroatoms. The van der Waals surface area contributed by atoms with Gasteiger partial charge in [-0.05, 0) is 50.1 Å². The monoisotopic (exact) mass is 410 g/mol. The maximum Gasteiger partial charge on any atom is 0.325 e. The summed E-state index contributed by atoms with van der Waals surface area (Å²) >= 11 is 0. The lowest BCUT2D eigenvalue weighted by Gasteiger charge is -2.23. The van der Waals surface area contributed by atoms with E-state index in [9.17, 15) is 19.2 Å². The summed E-state index contributed by atoms with van der Waals surface area (Å²) in [5.41, 5.74) is -1.06. The average Bonchev–Trinajstić information content (AvgIpc) is 2.89. The highest BCUT2D eigenvalue weighted by molar-refractivity contribution is 6.09. The standard InChI is InChI=1S/C22H26N4O4/c1-21(2,3)24-17(27)12-23-18(28)13-26-19(29)22(4,25-20(26)30)16-10-9-14-7-5-6-8-15(14)11-16/h5-11H,12-13H2,1-4H3,(H,23,28)(H,24,27)(H,25,30)/t22-/m0/s1. The van der Waals surface area contributed by atoms with Crippen molar-refractivity contribution in [2.24, 2.45) is 0 Å². The molecule has 0 aromatic heterocycles. The van der Waals surface area contributed by atoms with E-state index in [0.717, 1.165) is 15.7 Å². The Morgan fingerprint density at radius 3 is 2.37 bits per heavy atom. The van der Waals surface area contributed by atoms with Gasteiger partial charge >= 0.3 is 6.03 Å². The Labute approximate surface area is 175 Å². The lowest BCUT2D eigenvalue weighted by atomic mass is 9.90. The number of amides is 5. The van der Waals surface area contributed by atoms with Crippen LogP contribution >= 0.6 is 0 Å². The molecule has 2 aromatic rings. The molecule has 1 heterocycles. The molecule has 3 rings (SSSR count). The highest BCUT2D eigenvalue weighted by atomic mass is 16.2. The van der Waals surface area contributed by atoms with Gasteiger partial charge in [0.05, 0.1) is 6.54 Å². The van der Waals surface area contributed by atoms with Gasteiger partial charge in [-0.25, -0.2) is 4.79 Å². The van der Waals surface area contributed by atoms with Crippen LogP contribution in [0.4, 0.5) is 4.79 Å². The van der Waals surface area contributed by atoms with Crippen LogP contribution in [-0.2, 0) is 19.9 Å². The minimum Gasteiger partial charge on any atom is -0.350 e. The second kappa shape index (κ2) is 7.78. The van der Waals surface area contributed by atoms with E-state index in [-0.39, 0.29) is 12.5 Å². The molecule has 5 amide bonds. The predicted octanol–water partition coefficient (Wildman–Crippen LogP) is 1.64. The van der Waals surface area contributed by atoms with Crippen molar-refractivity contribution in [3.8, 4) is 0 Å². The molecule has 1 aliphatic rings. The Morgan fingerprint density at radius 1 is 1.03 bits per heavy atom. The molecule has 1 aliphatic heterocycles. The van der Waals surface area contributed by atoms with Crippen LogP contribution in [0.5, 0.6) is 0 Å². The van der Waals surface area contributed by atoms with Crippen LogP contribution < -0.4 is 16.0 Å². The molecule has 0 bridgehead atoms. The summed E-state index contributed by atoms with van der Waals surface area (Å²) in [4.78, 5) is 50.4. The molecule has 1 atom stereocenters. The fourth-order valence-electron chi connectivity index (χ4n) is 3.38. The van der Waals surface area contributed by atoms with Gasteiger partial charge in [-0.3, -0.25) is 19.3 Å². The molecular formula is C22H26N4O4. The highest BCUT2D eigenvalue weighted by Crippen LogP contribution is 2.30. The van der Waals surface area contributed by atoms with Gasteiger partial charge in [0, 0.05) is 5.54 Å². The van der Waals surface area contributed by atoms with Crippen molar-refractivity contribution in [1.82, 2.24) is 20.9 Å². The maximum absolute atomic E-state index is 13.0. The first-order valence-corrected chi connectivity index (χ1v) is 9.71. The second-order valence-corrected chi connectivity index (χ2v) is 8.58. The molecule has 8 nitrogen and oxygen atoms in total. The molecule has 30 heavy (non-hydrogen) atoms. The average molecular weight is 410 g/mol. The van der Waals surface area contributed by atoms with E-state index in [0.29, 0.717) is 5.56 Å². The number of carbonyl (C=O) groups excluding carboxylic acids is 4. The van der Waals surface area contributed by atoms with Gasteiger partial charge in [-0.2, -0.15) is 0 Å². The highest BCUT2D eigenvalue weighted by Gasteiger charge is 2.49. The van der Waals surface area contributed by atoms with E-state index in [1.807, 2.05) is 57.2 Å². The quantitative estimate of drug-likeness (QED) is 0.651. The minimum atomic E-state index is -1.27. The maximum atomic E-state index is 13.0. The van der Waals surface area contributed by atoms with Crippen molar-refractivity contribution in [2.45, 2.75) is 38.8 Å². The molecule has 0 saturated carbocycles. The van der Waals surface area contributed by atoms with Gasteiger partial charge in [0.25, 0.3) is 5.91 Å². The van der Waals surface area contributed by atoms with Crippen LogP contribution in [0.15, 0.2) is 42.5 Å². The SMILES string of the molecule is CC(C)(C)NC(=O)CNC(=O)CN1C(=O)N[C@@](C)(c2ccc3ccccc3c2)C1=O. The third-order valence-electron chi connectivity index (χ3n) is 4.86.